The van der Waals surface area contributed by atoms with Crippen molar-refractivity contribution in [1.82, 2.24) is 10.2 Å². The van der Waals surface area contributed by atoms with E-state index in [4.69, 9.17) is 0 Å². The smallest absolute Gasteiger partial charge is 0.0253 e. The van der Waals surface area contributed by atoms with Crippen molar-refractivity contribution in [1.29, 1.82) is 0 Å². The molecule has 1 N–H and O–H groups in total. The highest BCUT2D eigenvalue weighted by molar-refractivity contribution is 4.92. The Morgan fingerprint density at radius 3 is 2.54 bits per heavy atom. The predicted octanol–water partition coefficient (Wildman–Crippen LogP) is 1.86. The van der Waals surface area contributed by atoms with E-state index in [9.17, 15) is 0 Å². The molecule has 0 radical (unpaired) electrons. The summed E-state index contributed by atoms with van der Waals surface area (Å²) < 4.78 is 0. The van der Waals surface area contributed by atoms with Gasteiger partial charge in [0.2, 0.25) is 0 Å². The van der Waals surface area contributed by atoms with Crippen LogP contribution in [0.4, 0.5) is 0 Å². The van der Waals surface area contributed by atoms with E-state index in [0.29, 0.717) is 6.04 Å². The quantitative estimate of drug-likeness (QED) is 0.704. The van der Waals surface area contributed by atoms with Crippen molar-refractivity contribution >= 4 is 0 Å². The summed E-state index contributed by atoms with van der Waals surface area (Å²) >= 11 is 0. The lowest BCUT2D eigenvalue weighted by atomic mass is 9.96. The summed E-state index contributed by atoms with van der Waals surface area (Å²) in [4.78, 5) is 2.62. The molecule has 1 unspecified atom stereocenters. The molecule has 0 aromatic rings. The number of piperazine rings is 1. The molecule has 1 aliphatic rings. The van der Waals surface area contributed by atoms with Gasteiger partial charge < -0.3 is 5.32 Å². The van der Waals surface area contributed by atoms with Crippen molar-refractivity contribution in [3.63, 3.8) is 0 Å². The second kappa shape index (κ2) is 3.97. The SMILES string of the molecule is CCC1CNC(C)(C)CN1C(C)C. The zero-order valence-corrected chi connectivity index (χ0v) is 9.72. The van der Waals surface area contributed by atoms with Crippen molar-refractivity contribution < 1.29 is 0 Å². The van der Waals surface area contributed by atoms with E-state index in [2.05, 4.69) is 44.8 Å². The maximum absolute atomic E-state index is 3.60. The Hall–Kier alpha value is -0.0800. The van der Waals surface area contributed by atoms with Crippen molar-refractivity contribution in [3.05, 3.63) is 0 Å². The molecule has 2 heteroatoms. The average molecular weight is 184 g/mol. The first-order valence-corrected chi connectivity index (χ1v) is 5.47. The van der Waals surface area contributed by atoms with Gasteiger partial charge in [0.05, 0.1) is 0 Å². The Balaban J connectivity index is 2.63. The molecule has 1 fully saturated rings. The van der Waals surface area contributed by atoms with Gasteiger partial charge in [-0.2, -0.15) is 0 Å². The van der Waals surface area contributed by atoms with Crippen LogP contribution in [0.25, 0.3) is 0 Å². The third kappa shape index (κ3) is 2.68. The standard InChI is InChI=1S/C11H24N2/c1-6-10-7-12-11(4,5)8-13(10)9(2)3/h9-10,12H,6-8H2,1-5H3. The van der Waals surface area contributed by atoms with Crippen LogP contribution in [0.5, 0.6) is 0 Å². The van der Waals surface area contributed by atoms with Crippen LogP contribution >= 0.6 is 0 Å². The molecule has 0 aromatic carbocycles. The number of hydrogen-bond donors (Lipinski definition) is 1. The lowest BCUT2D eigenvalue weighted by Gasteiger charge is -2.46. The van der Waals surface area contributed by atoms with E-state index in [0.717, 1.165) is 12.6 Å². The van der Waals surface area contributed by atoms with Gasteiger partial charge in [-0.25, -0.2) is 0 Å². The fraction of sp³-hybridized carbons (Fsp3) is 1.00. The van der Waals surface area contributed by atoms with Gasteiger partial charge in [0.1, 0.15) is 0 Å². The van der Waals surface area contributed by atoms with E-state index in [-0.39, 0.29) is 5.54 Å². The van der Waals surface area contributed by atoms with E-state index in [1.807, 2.05) is 0 Å². The molecule has 1 aliphatic heterocycles. The molecular weight excluding hydrogens is 160 g/mol. The summed E-state index contributed by atoms with van der Waals surface area (Å²) in [6.07, 6.45) is 1.25. The lowest BCUT2D eigenvalue weighted by molar-refractivity contribution is 0.0650. The van der Waals surface area contributed by atoms with Gasteiger partial charge in [-0.15, -0.1) is 0 Å². The summed E-state index contributed by atoms with van der Waals surface area (Å²) in [5, 5.41) is 3.60. The van der Waals surface area contributed by atoms with Crippen molar-refractivity contribution in [3.8, 4) is 0 Å². The molecule has 0 bridgehead atoms. The molecule has 13 heavy (non-hydrogen) atoms. The van der Waals surface area contributed by atoms with Crippen LogP contribution in [0, 0.1) is 0 Å². The second-order valence-electron chi connectivity index (χ2n) is 5.09. The molecule has 0 spiro atoms. The van der Waals surface area contributed by atoms with E-state index in [1.165, 1.54) is 13.0 Å². The van der Waals surface area contributed by atoms with Crippen LogP contribution in [0.2, 0.25) is 0 Å². The molecule has 0 aromatic heterocycles. The first-order chi connectivity index (χ1) is 5.96. The fourth-order valence-corrected chi connectivity index (χ4v) is 2.14. The third-order valence-corrected chi connectivity index (χ3v) is 3.00. The highest BCUT2D eigenvalue weighted by Crippen LogP contribution is 2.19. The molecule has 78 valence electrons. The molecule has 1 atom stereocenters. The summed E-state index contributed by atoms with van der Waals surface area (Å²) in [5.41, 5.74) is 0.288. The van der Waals surface area contributed by atoms with Gasteiger partial charge in [0.25, 0.3) is 0 Å². The Bertz CT molecular complexity index is 163. The summed E-state index contributed by atoms with van der Waals surface area (Å²) in [5.74, 6) is 0. The maximum atomic E-state index is 3.60. The second-order valence-corrected chi connectivity index (χ2v) is 5.09. The Kier molecular flexibility index (Phi) is 3.36. The third-order valence-electron chi connectivity index (χ3n) is 3.00. The molecule has 2 nitrogen and oxygen atoms in total. The van der Waals surface area contributed by atoms with E-state index >= 15 is 0 Å². The van der Waals surface area contributed by atoms with Gasteiger partial charge in [-0.1, -0.05) is 6.92 Å². The van der Waals surface area contributed by atoms with E-state index < -0.39 is 0 Å². The van der Waals surface area contributed by atoms with Crippen LogP contribution in [0.1, 0.15) is 41.0 Å². The number of nitrogens with one attached hydrogen (secondary N) is 1. The summed E-state index contributed by atoms with van der Waals surface area (Å²) in [7, 11) is 0. The largest absolute Gasteiger partial charge is 0.309 e. The van der Waals surface area contributed by atoms with Gasteiger partial charge in [-0.05, 0) is 34.1 Å². The average Bonchev–Trinajstić information content (AvgIpc) is 2.03. The van der Waals surface area contributed by atoms with Crippen molar-refractivity contribution in [2.75, 3.05) is 13.1 Å². The number of nitrogens with zero attached hydrogens (tertiary/aromatic N) is 1. The van der Waals surface area contributed by atoms with Gasteiger partial charge in [-0.3, -0.25) is 4.90 Å². The monoisotopic (exact) mass is 184 g/mol. The van der Waals surface area contributed by atoms with Crippen molar-refractivity contribution in [2.45, 2.75) is 58.7 Å². The van der Waals surface area contributed by atoms with Crippen LogP contribution < -0.4 is 5.32 Å². The predicted molar refractivity (Wildman–Crippen MR) is 58.0 cm³/mol. The number of rotatable bonds is 2. The molecule has 1 saturated heterocycles. The lowest BCUT2D eigenvalue weighted by Crippen LogP contribution is -2.62. The topological polar surface area (TPSA) is 15.3 Å². The molecule has 1 heterocycles. The van der Waals surface area contributed by atoms with Gasteiger partial charge in [0.15, 0.2) is 0 Å². The molecule has 0 aliphatic carbocycles. The minimum atomic E-state index is 0.288. The zero-order chi connectivity index (χ0) is 10.1. The molecule has 0 saturated carbocycles. The molecule has 0 amide bonds. The fourth-order valence-electron chi connectivity index (χ4n) is 2.14. The van der Waals surface area contributed by atoms with Crippen LogP contribution in [0.3, 0.4) is 0 Å². The minimum Gasteiger partial charge on any atom is -0.309 e. The van der Waals surface area contributed by atoms with Crippen LogP contribution in [-0.2, 0) is 0 Å². The summed E-state index contributed by atoms with van der Waals surface area (Å²) in [6.45, 7) is 13.8. The molecular formula is C11H24N2. The zero-order valence-electron chi connectivity index (χ0n) is 9.72. The van der Waals surface area contributed by atoms with E-state index in [1.54, 1.807) is 0 Å². The van der Waals surface area contributed by atoms with Gasteiger partial charge in [0, 0.05) is 30.7 Å². The summed E-state index contributed by atoms with van der Waals surface area (Å²) in [6, 6.07) is 1.40. The van der Waals surface area contributed by atoms with Gasteiger partial charge >= 0.3 is 0 Å². The van der Waals surface area contributed by atoms with Crippen LogP contribution in [0.15, 0.2) is 0 Å². The number of hydrogen-bond acceptors (Lipinski definition) is 2. The normalized spacial score (nSPS) is 29.5. The first-order valence-electron chi connectivity index (χ1n) is 5.47. The highest BCUT2D eigenvalue weighted by Gasteiger charge is 2.32. The minimum absolute atomic E-state index is 0.288. The Labute approximate surface area is 82.7 Å². The Morgan fingerprint density at radius 2 is 2.08 bits per heavy atom. The molecule has 1 rings (SSSR count). The highest BCUT2D eigenvalue weighted by atomic mass is 15.3. The maximum Gasteiger partial charge on any atom is 0.0253 e. The van der Waals surface area contributed by atoms with Crippen LogP contribution in [-0.4, -0.2) is 35.6 Å². The Morgan fingerprint density at radius 1 is 1.46 bits per heavy atom. The first kappa shape index (κ1) is 11.0. The van der Waals surface area contributed by atoms with Crippen molar-refractivity contribution in [2.24, 2.45) is 0 Å².